The minimum atomic E-state index is -0.549. The van der Waals surface area contributed by atoms with E-state index in [1.807, 2.05) is 13.8 Å². The van der Waals surface area contributed by atoms with Crippen molar-refractivity contribution in [3.63, 3.8) is 0 Å². The van der Waals surface area contributed by atoms with E-state index in [1.54, 1.807) is 7.05 Å². The molecule has 0 heterocycles. The summed E-state index contributed by atoms with van der Waals surface area (Å²) in [5.74, 6) is -0.529. The number of rotatable bonds is 21. The number of carbonyl (C=O) groups excluding carboxylic acids is 3. The SMILES string of the molecule is CNC(=O)C(NC(=O)CCOCCOCCOCCOCCNC(=O)COC1CCCCCCC1)C(C)C. The van der Waals surface area contributed by atoms with Gasteiger partial charge in [-0.05, 0) is 18.8 Å². The van der Waals surface area contributed by atoms with E-state index in [0.717, 1.165) is 12.8 Å². The molecule has 1 unspecified atom stereocenters. The van der Waals surface area contributed by atoms with Crippen LogP contribution >= 0.6 is 0 Å². The average molecular weight is 546 g/mol. The molecule has 1 saturated carbocycles. The van der Waals surface area contributed by atoms with E-state index in [2.05, 4.69) is 16.0 Å². The average Bonchev–Trinajstić information content (AvgIpc) is 2.88. The molecule has 1 aliphatic rings. The molecular formula is C27H51N3O8. The zero-order valence-corrected chi connectivity index (χ0v) is 23.7. The van der Waals surface area contributed by atoms with Gasteiger partial charge >= 0.3 is 0 Å². The first kappa shape index (κ1) is 34.2. The van der Waals surface area contributed by atoms with Gasteiger partial charge in [-0.2, -0.15) is 0 Å². The Bertz CT molecular complexity index is 627. The van der Waals surface area contributed by atoms with E-state index in [0.29, 0.717) is 52.8 Å². The summed E-state index contributed by atoms with van der Waals surface area (Å²) in [6, 6.07) is -0.549. The first-order valence-electron chi connectivity index (χ1n) is 14.1. The molecule has 0 aliphatic heterocycles. The van der Waals surface area contributed by atoms with Crippen LogP contribution in [-0.2, 0) is 38.1 Å². The summed E-state index contributed by atoms with van der Waals surface area (Å²) in [7, 11) is 1.55. The molecule has 38 heavy (non-hydrogen) atoms. The number of ether oxygens (including phenoxy) is 5. The lowest BCUT2D eigenvalue weighted by Gasteiger charge is -2.20. The summed E-state index contributed by atoms with van der Waals surface area (Å²) >= 11 is 0. The van der Waals surface area contributed by atoms with Crippen LogP contribution in [0.1, 0.15) is 65.2 Å². The summed E-state index contributed by atoms with van der Waals surface area (Å²) in [5.41, 5.74) is 0. The Hall–Kier alpha value is -1.79. The molecule has 1 atom stereocenters. The second-order valence-electron chi connectivity index (χ2n) is 9.73. The molecule has 0 aromatic carbocycles. The van der Waals surface area contributed by atoms with Gasteiger partial charge in [0.25, 0.3) is 0 Å². The molecule has 0 bridgehead atoms. The summed E-state index contributed by atoms with van der Waals surface area (Å²) in [5, 5.41) is 8.10. The predicted octanol–water partition coefficient (Wildman–Crippen LogP) is 1.58. The fraction of sp³-hybridized carbons (Fsp3) is 0.889. The Morgan fingerprint density at radius 2 is 1.26 bits per heavy atom. The van der Waals surface area contributed by atoms with Gasteiger partial charge in [0.2, 0.25) is 17.7 Å². The molecule has 1 rings (SSSR count). The van der Waals surface area contributed by atoms with Crippen molar-refractivity contribution in [1.29, 1.82) is 0 Å². The molecule has 3 N–H and O–H groups in total. The molecule has 1 fully saturated rings. The van der Waals surface area contributed by atoms with E-state index in [9.17, 15) is 14.4 Å². The maximum atomic E-state index is 12.0. The van der Waals surface area contributed by atoms with Crippen LogP contribution in [0.3, 0.4) is 0 Å². The fourth-order valence-corrected chi connectivity index (χ4v) is 3.96. The highest BCUT2D eigenvalue weighted by molar-refractivity contribution is 5.87. The highest BCUT2D eigenvalue weighted by atomic mass is 16.6. The second-order valence-corrected chi connectivity index (χ2v) is 9.73. The Balaban J connectivity index is 1.84. The maximum absolute atomic E-state index is 12.0. The zero-order chi connectivity index (χ0) is 27.8. The zero-order valence-electron chi connectivity index (χ0n) is 23.7. The van der Waals surface area contributed by atoms with Crippen LogP contribution in [0.2, 0.25) is 0 Å². The van der Waals surface area contributed by atoms with Crippen molar-refractivity contribution in [3.05, 3.63) is 0 Å². The molecule has 0 saturated heterocycles. The highest BCUT2D eigenvalue weighted by Gasteiger charge is 2.22. The van der Waals surface area contributed by atoms with Crippen molar-refractivity contribution in [2.45, 2.75) is 77.4 Å². The van der Waals surface area contributed by atoms with Crippen LogP contribution in [-0.4, -0.2) is 103 Å². The van der Waals surface area contributed by atoms with Crippen molar-refractivity contribution < 1.29 is 38.1 Å². The first-order valence-corrected chi connectivity index (χ1v) is 14.1. The second kappa shape index (κ2) is 23.1. The minimum absolute atomic E-state index is 0.000137. The van der Waals surface area contributed by atoms with Gasteiger partial charge in [0.1, 0.15) is 12.6 Å². The summed E-state index contributed by atoms with van der Waals surface area (Å²) in [6.07, 6.45) is 8.72. The summed E-state index contributed by atoms with van der Waals surface area (Å²) < 4.78 is 27.5. The number of hydrogen-bond acceptors (Lipinski definition) is 8. The van der Waals surface area contributed by atoms with Gasteiger partial charge in [0, 0.05) is 20.0 Å². The molecule has 0 aromatic rings. The summed E-state index contributed by atoms with van der Waals surface area (Å²) in [6.45, 7) is 7.54. The number of carbonyl (C=O) groups is 3. The molecule has 222 valence electrons. The Kier molecular flexibility index (Phi) is 20.8. The number of likely N-dealkylation sites (N-methyl/N-ethyl adjacent to an activating group) is 1. The first-order chi connectivity index (χ1) is 18.4. The molecule has 3 amide bonds. The normalized spacial score (nSPS) is 15.5. The lowest BCUT2D eigenvalue weighted by atomic mass is 9.99. The van der Waals surface area contributed by atoms with Crippen LogP contribution in [0.4, 0.5) is 0 Å². The third-order valence-electron chi connectivity index (χ3n) is 6.17. The third-order valence-corrected chi connectivity index (χ3v) is 6.17. The van der Waals surface area contributed by atoms with Gasteiger partial charge in [-0.1, -0.05) is 46.0 Å². The fourth-order valence-electron chi connectivity index (χ4n) is 3.96. The van der Waals surface area contributed by atoms with Crippen LogP contribution in [0.5, 0.6) is 0 Å². The summed E-state index contributed by atoms with van der Waals surface area (Å²) in [4.78, 5) is 35.7. The molecule has 11 heteroatoms. The van der Waals surface area contributed by atoms with Gasteiger partial charge in [-0.15, -0.1) is 0 Å². The van der Waals surface area contributed by atoms with Crippen LogP contribution in [0.25, 0.3) is 0 Å². The molecule has 1 aliphatic carbocycles. The van der Waals surface area contributed by atoms with Gasteiger partial charge in [0.15, 0.2) is 0 Å². The van der Waals surface area contributed by atoms with Crippen molar-refractivity contribution in [2.75, 3.05) is 73.1 Å². The number of hydrogen-bond donors (Lipinski definition) is 3. The minimum Gasteiger partial charge on any atom is -0.379 e. The maximum Gasteiger partial charge on any atom is 0.246 e. The molecule has 0 aromatic heterocycles. The Morgan fingerprint density at radius 1 is 0.737 bits per heavy atom. The lowest BCUT2D eigenvalue weighted by Crippen LogP contribution is -2.48. The lowest BCUT2D eigenvalue weighted by molar-refractivity contribution is -0.130. The standard InChI is InChI=1S/C27H51N3O8/c1-22(2)26(27(33)28-3)30-24(31)11-13-34-15-17-36-19-20-37-18-16-35-14-12-29-25(32)21-38-23-9-7-5-4-6-8-10-23/h22-23,26H,4-21H2,1-3H3,(H,28,33)(H,29,32)(H,30,31). The van der Waals surface area contributed by atoms with Gasteiger partial charge in [-0.3, -0.25) is 14.4 Å². The van der Waals surface area contributed by atoms with Crippen molar-refractivity contribution in [3.8, 4) is 0 Å². The van der Waals surface area contributed by atoms with Crippen molar-refractivity contribution >= 4 is 17.7 Å². The number of nitrogens with one attached hydrogen (secondary N) is 3. The van der Waals surface area contributed by atoms with Crippen LogP contribution < -0.4 is 16.0 Å². The predicted molar refractivity (Wildman–Crippen MR) is 144 cm³/mol. The highest BCUT2D eigenvalue weighted by Crippen LogP contribution is 2.19. The van der Waals surface area contributed by atoms with E-state index in [4.69, 9.17) is 23.7 Å². The largest absolute Gasteiger partial charge is 0.379 e. The Morgan fingerprint density at radius 3 is 1.82 bits per heavy atom. The molecule has 0 radical (unpaired) electrons. The molecular weight excluding hydrogens is 494 g/mol. The quantitative estimate of drug-likeness (QED) is 0.185. The van der Waals surface area contributed by atoms with E-state index in [-0.39, 0.29) is 49.4 Å². The van der Waals surface area contributed by atoms with E-state index >= 15 is 0 Å². The van der Waals surface area contributed by atoms with Crippen molar-refractivity contribution in [2.24, 2.45) is 5.92 Å². The van der Waals surface area contributed by atoms with E-state index < -0.39 is 6.04 Å². The topological polar surface area (TPSA) is 133 Å². The van der Waals surface area contributed by atoms with Crippen LogP contribution in [0, 0.1) is 5.92 Å². The monoisotopic (exact) mass is 545 g/mol. The molecule has 11 nitrogen and oxygen atoms in total. The molecule has 0 spiro atoms. The van der Waals surface area contributed by atoms with Crippen molar-refractivity contribution in [1.82, 2.24) is 16.0 Å². The van der Waals surface area contributed by atoms with Gasteiger partial charge in [0.05, 0.1) is 59.0 Å². The van der Waals surface area contributed by atoms with E-state index in [1.165, 1.54) is 32.1 Å². The van der Waals surface area contributed by atoms with Gasteiger partial charge in [-0.25, -0.2) is 0 Å². The smallest absolute Gasteiger partial charge is 0.246 e. The van der Waals surface area contributed by atoms with Gasteiger partial charge < -0.3 is 39.6 Å². The number of amides is 3. The van der Waals surface area contributed by atoms with Crippen LogP contribution in [0.15, 0.2) is 0 Å². The third kappa shape index (κ3) is 18.5. The Labute approximate surface area is 228 Å².